The minimum Gasteiger partial charge on any atom is -0.481 e. The second-order valence-electron chi connectivity index (χ2n) is 6.71. The number of rotatable bonds is 4. The van der Waals surface area contributed by atoms with Crippen LogP contribution in [0.1, 0.15) is 52.9 Å². The number of carboxylic acids is 1. The molecule has 0 radical (unpaired) electrons. The van der Waals surface area contributed by atoms with Crippen LogP contribution >= 0.6 is 0 Å². The summed E-state index contributed by atoms with van der Waals surface area (Å²) in [7, 11) is 0. The summed E-state index contributed by atoms with van der Waals surface area (Å²) in [6, 6.07) is -0.623. The zero-order valence-electron chi connectivity index (χ0n) is 12.2. The van der Waals surface area contributed by atoms with Gasteiger partial charge in [-0.25, -0.2) is 0 Å². The number of carbonyl (C=O) groups excluding carboxylic acids is 1. The molecule has 0 bridgehead atoms. The second-order valence-corrected chi connectivity index (χ2v) is 6.71. The van der Waals surface area contributed by atoms with Crippen LogP contribution in [-0.2, 0) is 9.59 Å². The third-order valence-electron chi connectivity index (χ3n) is 4.08. The summed E-state index contributed by atoms with van der Waals surface area (Å²) in [5.74, 6) is -1.07. The molecular formula is C14H26N2O3. The average molecular weight is 270 g/mol. The first-order valence-corrected chi connectivity index (χ1v) is 6.96. The first-order valence-electron chi connectivity index (χ1n) is 6.96. The van der Waals surface area contributed by atoms with E-state index in [1.165, 1.54) is 0 Å². The summed E-state index contributed by atoms with van der Waals surface area (Å²) in [5, 5.41) is 12.2. The van der Waals surface area contributed by atoms with Gasteiger partial charge in [-0.1, -0.05) is 40.0 Å². The second kappa shape index (κ2) is 5.90. The van der Waals surface area contributed by atoms with Gasteiger partial charge in [0.1, 0.15) is 0 Å². The van der Waals surface area contributed by atoms with Gasteiger partial charge in [0.2, 0.25) is 5.91 Å². The summed E-state index contributed by atoms with van der Waals surface area (Å²) < 4.78 is 0. The minimum absolute atomic E-state index is 0.185. The van der Waals surface area contributed by atoms with E-state index in [-0.39, 0.29) is 17.9 Å². The van der Waals surface area contributed by atoms with E-state index in [2.05, 4.69) is 5.32 Å². The van der Waals surface area contributed by atoms with E-state index in [1.807, 2.05) is 20.8 Å². The molecule has 0 spiro atoms. The number of carboxylic acid groups (broad SMARTS) is 1. The summed E-state index contributed by atoms with van der Waals surface area (Å²) in [6.45, 7) is 5.87. The smallest absolute Gasteiger partial charge is 0.311 e. The number of amides is 1. The number of carbonyl (C=O) groups is 2. The van der Waals surface area contributed by atoms with Crippen molar-refractivity contribution in [1.29, 1.82) is 0 Å². The Hall–Kier alpha value is -1.10. The minimum atomic E-state index is -0.808. The Bertz CT molecular complexity index is 341. The number of aliphatic carboxylic acids is 1. The average Bonchev–Trinajstić information content (AvgIpc) is 2.34. The Balaban J connectivity index is 2.63. The standard InChI is InChI=1S/C14H26N2O3/c1-13(2,3)10(15)11(17)16-9-14(12(18)19)7-5-4-6-8-14/h10H,4-9,15H2,1-3H3,(H,16,17)(H,18,19). The lowest BCUT2D eigenvalue weighted by Crippen LogP contribution is -2.52. The summed E-state index contributed by atoms with van der Waals surface area (Å²) in [5.41, 5.74) is 4.74. The van der Waals surface area contributed by atoms with Crippen molar-refractivity contribution in [3.63, 3.8) is 0 Å². The number of hydrogen-bond acceptors (Lipinski definition) is 3. The van der Waals surface area contributed by atoms with Crippen molar-refractivity contribution in [1.82, 2.24) is 5.32 Å². The van der Waals surface area contributed by atoms with Crippen LogP contribution in [0.25, 0.3) is 0 Å². The van der Waals surface area contributed by atoms with Crippen LogP contribution < -0.4 is 11.1 Å². The van der Waals surface area contributed by atoms with E-state index in [4.69, 9.17) is 5.73 Å². The number of nitrogens with two attached hydrogens (primary N) is 1. The number of hydrogen-bond donors (Lipinski definition) is 3. The Kier molecular flexibility index (Phi) is 4.96. The monoisotopic (exact) mass is 270 g/mol. The molecule has 1 fully saturated rings. The van der Waals surface area contributed by atoms with Gasteiger partial charge in [0.15, 0.2) is 0 Å². The highest BCUT2D eigenvalue weighted by atomic mass is 16.4. The molecule has 0 aromatic carbocycles. The number of nitrogens with one attached hydrogen (secondary N) is 1. The predicted molar refractivity (Wildman–Crippen MR) is 73.6 cm³/mol. The Morgan fingerprint density at radius 1 is 1.26 bits per heavy atom. The Morgan fingerprint density at radius 3 is 2.21 bits per heavy atom. The molecule has 0 aromatic heterocycles. The van der Waals surface area contributed by atoms with E-state index in [0.717, 1.165) is 19.3 Å². The largest absolute Gasteiger partial charge is 0.481 e. The van der Waals surface area contributed by atoms with Gasteiger partial charge in [-0.2, -0.15) is 0 Å². The molecule has 0 aliphatic heterocycles. The molecule has 1 atom stereocenters. The molecule has 1 aliphatic rings. The fraction of sp³-hybridized carbons (Fsp3) is 0.857. The zero-order valence-corrected chi connectivity index (χ0v) is 12.2. The molecule has 1 rings (SSSR count). The summed E-state index contributed by atoms with van der Waals surface area (Å²) in [4.78, 5) is 23.4. The van der Waals surface area contributed by atoms with Crippen LogP contribution in [0.2, 0.25) is 0 Å². The first kappa shape index (κ1) is 16.0. The van der Waals surface area contributed by atoms with Crippen LogP contribution in [0, 0.1) is 10.8 Å². The van der Waals surface area contributed by atoms with Crippen LogP contribution in [-0.4, -0.2) is 29.6 Å². The highest BCUT2D eigenvalue weighted by molar-refractivity contribution is 5.83. The molecule has 1 amide bonds. The third-order valence-corrected chi connectivity index (χ3v) is 4.08. The van der Waals surface area contributed by atoms with Gasteiger partial charge < -0.3 is 16.2 Å². The maximum Gasteiger partial charge on any atom is 0.311 e. The van der Waals surface area contributed by atoms with Gasteiger partial charge in [0.05, 0.1) is 11.5 Å². The molecule has 1 saturated carbocycles. The van der Waals surface area contributed by atoms with E-state index in [0.29, 0.717) is 12.8 Å². The van der Waals surface area contributed by atoms with Crippen LogP contribution in [0.3, 0.4) is 0 Å². The normalized spacial score (nSPS) is 20.6. The molecule has 110 valence electrons. The third kappa shape index (κ3) is 3.93. The van der Waals surface area contributed by atoms with Crippen molar-refractivity contribution in [2.45, 2.75) is 58.9 Å². The lowest BCUT2D eigenvalue weighted by molar-refractivity contribution is -0.151. The Morgan fingerprint density at radius 2 is 1.79 bits per heavy atom. The molecule has 0 saturated heterocycles. The quantitative estimate of drug-likeness (QED) is 0.722. The van der Waals surface area contributed by atoms with Gasteiger partial charge in [0, 0.05) is 6.54 Å². The van der Waals surface area contributed by atoms with Crippen LogP contribution in [0.15, 0.2) is 0 Å². The van der Waals surface area contributed by atoms with E-state index in [9.17, 15) is 14.7 Å². The molecule has 0 aromatic rings. The molecule has 1 aliphatic carbocycles. The SMILES string of the molecule is CC(C)(C)C(N)C(=O)NCC1(C(=O)O)CCCCC1. The predicted octanol–water partition coefficient (Wildman–Crippen LogP) is 1.51. The molecule has 1 unspecified atom stereocenters. The van der Waals surface area contributed by atoms with Crippen molar-refractivity contribution in [2.24, 2.45) is 16.6 Å². The highest BCUT2D eigenvalue weighted by Crippen LogP contribution is 2.36. The summed E-state index contributed by atoms with van der Waals surface area (Å²) >= 11 is 0. The van der Waals surface area contributed by atoms with Crippen molar-refractivity contribution >= 4 is 11.9 Å². The van der Waals surface area contributed by atoms with Gasteiger partial charge in [-0.3, -0.25) is 9.59 Å². The fourth-order valence-corrected chi connectivity index (χ4v) is 2.45. The highest BCUT2D eigenvalue weighted by Gasteiger charge is 2.40. The zero-order chi connectivity index (χ0) is 14.7. The Labute approximate surface area is 114 Å². The van der Waals surface area contributed by atoms with Crippen molar-refractivity contribution in [3.05, 3.63) is 0 Å². The molecule has 5 heteroatoms. The lowest BCUT2D eigenvalue weighted by atomic mass is 9.74. The van der Waals surface area contributed by atoms with Gasteiger partial charge in [-0.15, -0.1) is 0 Å². The maximum absolute atomic E-state index is 12.0. The van der Waals surface area contributed by atoms with Gasteiger partial charge in [-0.05, 0) is 18.3 Å². The first-order chi connectivity index (χ1) is 8.69. The van der Waals surface area contributed by atoms with Crippen molar-refractivity contribution in [3.8, 4) is 0 Å². The molecule has 0 heterocycles. The molecule has 19 heavy (non-hydrogen) atoms. The van der Waals surface area contributed by atoms with Crippen LogP contribution in [0.5, 0.6) is 0 Å². The van der Waals surface area contributed by atoms with E-state index >= 15 is 0 Å². The van der Waals surface area contributed by atoms with E-state index in [1.54, 1.807) is 0 Å². The van der Waals surface area contributed by atoms with Crippen molar-refractivity contribution in [2.75, 3.05) is 6.54 Å². The van der Waals surface area contributed by atoms with E-state index < -0.39 is 17.4 Å². The topological polar surface area (TPSA) is 92.4 Å². The van der Waals surface area contributed by atoms with Crippen molar-refractivity contribution < 1.29 is 14.7 Å². The van der Waals surface area contributed by atoms with Crippen LogP contribution in [0.4, 0.5) is 0 Å². The van der Waals surface area contributed by atoms with Gasteiger partial charge in [0.25, 0.3) is 0 Å². The summed E-state index contributed by atoms with van der Waals surface area (Å²) in [6.07, 6.45) is 4.16. The maximum atomic E-state index is 12.0. The molecule has 4 N–H and O–H groups in total. The molecule has 5 nitrogen and oxygen atoms in total. The lowest BCUT2D eigenvalue weighted by Gasteiger charge is -2.34. The fourth-order valence-electron chi connectivity index (χ4n) is 2.45. The molecular weight excluding hydrogens is 244 g/mol. The van der Waals surface area contributed by atoms with Gasteiger partial charge >= 0.3 is 5.97 Å².